The average molecular weight is 173 g/mol. The van der Waals surface area contributed by atoms with Crippen LogP contribution in [-0.4, -0.2) is 14.4 Å². The minimum Gasteiger partial charge on any atom is -0.288 e. The number of hydrogen-bond acceptors (Lipinski definition) is 2. The Morgan fingerprint density at radius 2 is 2.08 bits per heavy atom. The highest BCUT2D eigenvalue weighted by Crippen LogP contribution is 2.35. The lowest BCUT2D eigenvalue weighted by molar-refractivity contribution is 0.407. The Morgan fingerprint density at radius 3 is 2.85 bits per heavy atom. The number of nitrogens with zero attached hydrogens (tertiary/aromatic N) is 3. The molecule has 66 valence electrons. The molecule has 2 aromatic rings. The highest BCUT2D eigenvalue weighted by atomic mass is 15.1. The summed E-state index contributed by atoms with van der Waals surface area (Å²) in [4.78, 5) is 8.37. The van der Waals surface area contributed by atoms with E-state index < -0.39 is 0 Å². The van der Waals surface area contributed by atoms with Gasteiger partial charge in [0.15, 0.2) is 0 Å². The van der Waals surface area contributed by atoms with Crippen LogP contribution in [-0.2, 0) is 0 Å². The fraction of sp³-hybridized carbons (Fsp3) is 0.400. The SMILES string of the molecule is c1cc(C2CCC2)n2ccnc2n1. The van der Waals surface area contributed by atoms with Crippen molar-refractivity contribution in [2.75, 3.05) is 0 Å². The van der Waals surface area contributed by atoms with Gasteiger partial charge >= 0.3 is 0 Å². The standard InChI is InChI=1S/C10H11N3/c1-2-8(3-1)9-4-5-11-10-12-6-7-13(9)10/h4-8H,1-3H2. The monoisotopic (exact) mass is 173 g/mol. The molecule has 0 aromatic carbocycles. The fourth-order valence-corrected chi connectivity index (χ4v) is 1.89. The Hall–Kier alpha value is -1.38. The van der Waals surface area contributed by atoms with Gasteiger partial charge in [-0.3, -0.25) is 4.40 Å². The summed E-state index contributed by atoms with van der Waals surface area (Å²) < 4.78 is 2.10. The van der Waals surface area contributed by atoms with E-state index in [1.54, 1.807) is 0 Å². The number of imidazole rings is 1. The molecule has 0 amide bonds. The molecule has 1 fully saturated rings. The molecule has 13 heavy (non-hydrogen) atoms. The minimum absolute atomic E-state index is 0.736. The van der Waals surface area contributed by atoms with Crippen molar-refractivity contribution in [3.63, 3.8) is 0 Å². The molecule has 3 nitrogen and oxygen atoms in total. The molecular formula is C10H11N3. The van der Waals surface area contributed by atoms with Gasteiger partial charge in [-0.2, -0.15) is 0 Å². The van der Waals surface area contributed by atoms with E-state index >= 15 is 0 Å². The number of fused-ring (bicyclic) bond motifs is 1. The molecule has 0 unspecified atom stereocenters. The van der Waals surface area contributed by atoms with Crippen LogP contribution in [0.2, 0.25) is 0 Å². The van der Waals surface area contributed by atoms with Gasteiger partial charge in [-0.05, 0) is 24.8 Å². The van der Waals surface area contributed by atoms with Crippen molar-refractivity contribution in [3.05, 3.63) is 30.4 Å². The van der Waals surface area contributed by atoms with Gasteiger partial charge in [0.05, 0.1) is 0 Å². The first-order chi connectivity index (χ1) is 6.45. The molecule has 1 saturated carbocycles. The number of aromatic nitrogens is 3. The number of hydrogen-bond donors (Lipinski definition) is 0. The van der Waals surface area contributed by atoms with Crippen LogP contribution in [0.5, 0.6) is 0 Å². The van der Waals surface area contributed by atoms with E-state index in [2.05, 4.69) is 20.4 Å². The maximum absolute atomic E-state index is 4.19. The van der Waals surface area contributed by atoms with Crippen LogP contribution in [0.1, 0.15) is 30.9 Å². The third-order valence-electron chi connectivity index (χ3n) is 2.86. The minimum atomic E-state index is 0.736. The molecule has 0 spiro atoms. The van der Waals surface area contributed by atoms with Gasteiger partial charge in [0.1, 0.15) is 0 Å². The van der Waals surface area contributed by atoms with Gasteiger partial charge in [-0.25, -0.2) is 9.97 Å². The molecule has 1 aliphatic rings. The third kappa shape index (κ3) is 0.963. The zero-order chi connectivity index (χ0) is 8.67. The van der Waals surface area contributed by atoms with E-state index in [0.29, 0.717) is 0 Å². The first-order valence-electron chi connectivity index (χ1n) is 4.73. The van der Waals surface area contributed by atoms with Gasteiger partial charge in [0, 0.05) is 24.3 Å². The predicted molar refractivity (Wildman–Crippen MR) is 49.6 cm³/mol. The summed E-state index contributed by atoms with van der Waals surface area (Å²) >= 11 is 0. The molecule has 1 aliphatic carbocycles. The second-order valence-corrected chi connectivity index (χ2v) is 3.59. The zero-order valence-corrected chi connectivity index (χ0v) is 7.35. The smallest absolute Gasteiger partial charge is 0.233 e. The molecule has 0 radical (unpaired) electrons. The van der Waals surface area contributed by atoms with E-state index in [1.807, 2.05) is 18.6 Å². The largest absolute Gasteiger partial charge is 0.288 e. The van der Waals surface area contributed by atoms with Crippen LogP contribution in [0.25, 0.3) is 5.78 Å². The maximum Gasteiger partial charge on any atom is 0.233 e. The zero-order valence-electron chi connectivity index (χ0n) is 7.35. The van der Waals surface area contributed by atoms with Crippen LogP contribution < -0.4 is 0 Å². The Bertz CT molecular complexity index is 428. The Kier molecular flexibility index (Phi) is 1.39. The van der Waals surface area contributed by atoms with Crippen molar-refractivity contribution in [1.82, 2.24) is 14.4 Å². The fourth-order valence-electron chi connectivity index (χ4n) is 1.89. The molecule has 3 rings (SSSR count). The molecule has 0 N–H and O–H groups in total. The molecule has 2 heterocycles. The van der Waals surface area contributed by atoms with Crippen molar-refractivity contribution in [3.8, 4) is 0 Å². The quantitative estimate of drug-likeness (QED) is 0.660. The van der Waals surface area contributed by atoms with Crippen molar-refractivity contribution in [2.24, 2.45) is 0 Å². The van der Waals surface area contributed by atoms with Crippen LogP contribution >= 0.6 is 0 Å². The highest BCUT2D eigenvalue weighted by molar-refractivity contribution is 5.31. The lowest BCUT2D eigenvalue weighted by Crippen LogP contribution is -2.12. The van der Waals surface area contributed by atoms with Crippen LogP contribution in [0.15, 0.2) is 24.7 Å². The lowest BCUT2D eigenvalue weighted by Gasteiger charge is -2.26. The molecule has 0 saturated heterocycles. The van der Waals surface area contributed by atoms with Gasteiger partial charge in [0.2, 0.25) is 5.78 Å². The normalized spacial score (nSPS) is 17.5. The molecular weight excluding hydrogens is 162 g/mol. The molecule has 0 bridgehead atoms. The summed E-state index contributed by atoms with van der Waals surface area (Å²) in [6.07, 6.45) is 9.66. The highest BCUT2D eigenvalue weighted by Gasteiger charge is 2.21. The van der Waals surface area contributed by atoms with Crippen LogP contribution in [0, 0.1) is 0 Å². The molecule has 0 atom stereocenters. The first-order valence-corrected chi connectivity index (χ1v) is 4.73. The van der Waals surface area contributed by atoms with E-state index in [1.165, 1.54) is 25.0 Å². The van der Waals surface area contributed by atoms with Gasteiger partial charge in [-0.1, -0.05) is 6.42 Å². The summed E-state index contributed by atoms with van der Waals surface area (Å²) in [7, 11) is 0. The average Bonchev–Trinajstić information content (AvgIpc) is 2.49. The second kappa shape index (κ2) is 2.55. The Labute approximate surface area is 76.4 Å². The van der Waals surface area contributed by atoms with E-state index in [4.69, 9.17) is 0 Å². The summed E-state index contributed by atoms with van der Waals surface area (Å²) in [5.74, 6) is 1.56. The van der Waals surface area contributed by atoms with Crippen molar-refractivity contribution < 1.29 is 0 Å². The van der Waals surface area contributed by atoms with Gasteiger partial charge in [0.25, 0.3) is 0 Å². The van der Waals surface area contributed by atoms with E-state index in [0.717, 1.165) is 11.7 Å². The Morgan fingerprint density at radius 1 is 1.23 bits per heavy atom. The topological polar surface area (TPSA) is 30.2 Å². The van der Waals surface area contributed by atoms with Crippen molar-refractivity contribution in [1.29, 1.82) is 0 Å². The third-order valence-corrected chi connectivity index (χ3v) is 2.86. The van der Waals surface area contributed by atoms with Crippen molar-refractivity contribution >= 4 is 5.78 Å². The van der Waals surface area contributed by atoms with Crippen LogP contribution in [0.3, 0.4) is 0 Å². The lowest BCUT2D eigenvalue weighted by atomic mass is 9.83. The van der Waals surface area contributed by atoms with Crippen LogP contribution in [0.4, 0.5) is 0 Å². The van der Waals surface area contributed by atoms with Crippen molar-refractivity contribution in [2.45, 2.75) is 25.2 Å². The molecule has 0 aliphatic heterocycles. The van der Waals surface area contributed by atoms with Gasteiger partial charge < -0.3 is 0 Å². The van der Waals surface area contributed by atoms with E-state index in [9.17, 15) is 0 Å². The Balaban J connectivity index is 2.20. The maximum atomic E-state index is 4.19. The summed E-state index contributed by atoms with van der Waals surface area (Å²) in [5.41, 5.74) is 1.37. The first kappa shape index (κ1) is 7.06. The second-order valence-electron chi connectivity index (χ2n) is 3.59. The summed E-state index contributed by atoms with van der Waals surface area (Å²) in [6.45, 7) is 0. The van der Waals surface area contributed by atoms with E-state index in [-0.39, 0.29) is 0 Å². The molecule has 2 aromatic heterocycles. The van der Waals surface area contributed by atoms with Gasteiger partial charge in [-0.15, -0.1) is 0 Å². The predicted octanol–water partition coefficient (Wildman–Crippen LogP) is 2.00. The molecule has 3 heteroatoms. The summed E-state index contributed by atoms with van der Waals surface area (Å²) in [5, 5.41) is 0. The summed E-state index contributed by atoms with van der Waals surface area (Å²) in [6, 6.07) is 2.11. The number of rotatable bonds is 1.